The summed E-state index contributed by atoms with van der Waals surface area (Å²) in [5.41, 5.74) is 0.712. The zero-order valence-corrected chi connectivity index (χ0v) is 9.12. The maximum atomic E-state index is 11.7. The number of aromatic nitrogens is 1. The number of carbonyl (C=O) groups is 1. The minimum Gasteiger partial charge on any atom is -0.478 e. The van der Waals surface area contributed by atoms with Gasteiger partial charge in [0.25, 0.3) is 5.56 Å². The lowest BCUT2D eigenvalue weighted by atomic mass is 10.1. The highest BCUT2D eigenvalue weighted by Crippen LogP contribution is 2.21. The van der Waals surface area contributed by atoms with Gasteiger partial charge < -0.3 is 10.4 Å². The molecule has 0 spiro atoms. The molecule has 0 amide bonds. The topological polar surface area (TPSA) is 71.3 Å². The number of fused-ring (bicyclic) bond motifs is 1. The first-order chi connectivity index (χ1) is 7.65. The number of nitrogens with zero attached hydrogens (tertiary/aromatic N) is 1. The molecule has 0 saturated carbocycles. The molecule has 2 rings (SSSR count). The van der Waals surface area contributed by atoms with Crippen LogP contribution in [0.25, 0.3) is 0 Å². The third-order valence-electron chi connectivity index (χ3n) is 2.84. The molecule has 2 N–H and O–H groups in total. The van der Waals surface area contributed by atoms with Crippen molar-refractivity contribution in [2.75, 3.05) is 11.9 Å². The van der Waals surface area contributed by atoms with Crippen molar-refractivity contribution in [3.05, 3.63) is 27.5 Å². The van der Waals surface area contributed by atoms with Gasteiger partial charge in [0.05, 0.1) is 0 Å². The summed E-state index contributed by atoms with van der Waals surface area (Å²) in [6, 6.07) is 1.43. The van der Waals surface area contributed by atoms with E-state index in [0.717, 1.165) is 6.42 Å². The van der Waals surface area contributed by atoms with Crippen molar-refractivity contribution in [3.8, 4) is 0 Å². The molecule has 0 bridgehead atoms. The van der Waals surface area contributed by atoms with Gasteiger partial charge in [-0.3, -0.25) is 9.36 Å². The van der Waals surface area contributed by atoms with Crippen molar-refractivity contribution in [2.45, 2.75) is 26.3 Å². The Balaban J connectivity index is 2.73. The highest BCUT2D eigenvalue weighted by Gasteiger charge is 2.21. The lowest BCUT2D eigenvalue weighted by molar-refractivity contribution is 0.0695. The van der Waals surface area contributed by atoms with Crippen LogP contribution < -0.4 is 10.9 Å². The van der Waals surface area contributed by atoms with E-state index in [4.69, 9.17) is 0 Å². The molecule has 5 heteroatoms. The zero-order chi connectivity index (χ0) is 11.7. The molecule has 0 aromatic carbocycles. The van der Waals surface area contributed by atoms with E-state index in [9.17, 15) is 14.7 Å². The van der Waals surface area contributed by atoms with Gasteiger partial charge in [0.2, 0.25) is 0 Å². The van der Waals surface area contributed by atoms with E-state index in [2.05, 4.69) is 5.32 Å². The minimum atomic E-state index is -0.977. The number of hydrogen-bond acceptors (Lipinski definition) is 3. The summed E-state index contributed by atoms with van der Waals surface area (Å²) >= 11 is 0. The number of rotatable bonds is 2. The average molecular weight is 222 g/mol. The van der Waals surface area contributed by atoms with E-state index in [1.165, 1.54) is 10.6 Å². The Morgan fingerprint density at radius 2 is 2.38 bits per heavy atom. The van der Waals surface area contributed by atoms with E-state index in [1.54, 1.807) is 0 Å². The molecule has 1 aromatic rings. The Hall–Kier alpha value is -1.78. The van der Waals surface area contributed by atoms with Crippen LogP contribution in [0.2, 0.25) is 0 Å². The normalized spacial score (nSPS) is 14.1. The number of aryl methyl sites for hydroxylation is 1. The van der Waals surface area contributed by atoms with Gasteiger partial charge in [-0.25, -0.2) is 4.79 Å². The van der Waals surface area contributed by atoms with Crippen LogP contribution in [0.5, 0.6) is 0 Å². The van der Waals surface area contributed by atoms with Crippen LogP contribution in [0.1, 0.15) is 29.3 Å². The highest BCUT2D eigenvalue weighted by atomic mass is 16.4. The zero-order valence-electron chi connectivity index (χ0n) is 9.12. The first-order valence-electron chi connectivity index (χ1n) is 5.39. The largest absolute Gasteiger partial charge is 0.478 e. The minimum absolute atomic E-state index is 0.121. The Bertz CT molecular complexity index is 491. The Morgan fingerprint density at radius 1 is 1.62 bits per heavy atom. The van der Waals surface area contributed by atoms with Crippen LogP contribution in [0.3, 0.4) is 0 Å². The van der Waals surface area contributed by atoms with Crippen LogP contribution in [0.4, 0.5) is 5.82 Å². The molecular weight excluding hydrogens is 208 g/mol. The molecule has 0 radical (unpaired) electrons. The van der Waals surface area contributed by atoms with Gasteiger partial charge in [-0.1, -0.05) is 6.92 Å². The molecule has 0 saturated heterocycles. The number of carboxylic acids is 1. The van der Waals surface area contributed by atoms with E-state index in [1.807, 2.05) is 6.92 Å². The molecule has 1 aliphatic heterocycles. The molecule has 86 valence electrons. The third-order valence-corrected chi connectivity index (χ3v) is 2.84. The molecule has 0 atom stereocenters. The fraction of sp³-hybridized carbons (Fsp3) is 0.455. The van der Waals surface area contributed by atoms with Gasteiger partial charge in [0, 0.05) is 19.2 Å². The molecule has 1 aliphatic rings. The molecule has 1 aromatic heterocycles. The van der Waals surface area contributed by atoms with Crippen molar-refractivity contribution in [2.24, 2.45) is 0 Å². The van der Waals surface area contributed by atoms with Gasteiger partial charge in [0.1, 0.15) is 11.4 Å². The molecule has 2 heterocycles. The van der Waals surface area contributed by atoms with Crippen LogP contribution in [0.15, 0.2) is 10.9 Å². The number of aromatic carboxylic acids is 1. The van der Waals surface area contributed by atoms with E-state index < -0.39 is 5.97 Å². The first-order valence-corrected chi connectivity index (χ1v) is 5.39. The van der Waals surface area contributed by atoms with Gasteiger partial charge in [-0.15, -0.1) is 0 Å². The van der Waals surface area contributed by atoms with Gasteiger partial charge >= 0.3 is 5.97 Å². The lowest BCUT2D eigenvalue weighted by Crippen LogP contribution is -2.31. The second kappa shape index (κ2) is 4.00. The third kappa shape index (κ3) is 1.58. The lowest BCUT2D eigenvalue weighted by Gasteiger charge is -2.23. The summed E-state index contributed by atoms with van der Waals surface area (Å²) in [5.74, 6) is -0.516. The predicted octanol–water partition coefficient (Wildman–Crippen LogP) is 0.925. The van der Waals surface area contributed by atoms with Gasteiger partial charge in [-0.05, 0) is 18.4 Å². The summed E-state index contributed by atoms with van der Waals surface area (Å²) < 4.78 is 1.51. The summed E-state index contributed by atoms with van der Waals surface area (Å²) in [7, 11) is 0. The Kier molecular flexibility index (Phi) is 2.68. The maximum absolute atomic E-state index is 11.7. The number of nitrogens with one attached hydrogen (secondary N) is 1. The van der Waals surface area contributed by atoms with Crippen molar-refractivity contribution in [1.82, 2.24) is 4.57 Å². The highest BCUT2D eigenvalue weighted by molar-refractivity contribution is 5.95. The molecule has 5 nitrogen and oxygen atoms in total. The number of carboxylic acid groups (broad SMARTS) is 1. The number of anilines is 1. The fourth-order valence-electron chi connectivity index (χ4n) is 2.06. The van der Waals surface area contributed by atoms with E-state index >= 15 is 0 Å². The number of hydrogen-bond donors (Lipinski definition) is 2. The smallest absolute Gasteiger partial charge is 0.339 e. The van der Waals surface area contributed by atoms with E-state index in [-0.39, 0.29) is 11.1 Å². The summed E-state index contributed by atoms with van der Waals surface area (Å²) in [4.78, 5) is 23.0. The van der Waals surface area contributed by atoms with Crippen molar-refractivity contribution in [3.63, 3.8) is 0 Å². The number of pyridine rings is 1. The first kappa shape index (κ1) is 10.7. The van der Waals surface area contributed by atoms with Crippen molar-refractivity contribution >= 4 is 11.8 Å². The molecule has 0 unspecified atom stereocenters. The fourth-order valence-corrected chi connectivity index (χ4v) is 2.06. The van der Waals surface area contributed by atoms with Crippen molar-refractivity contribution < 1.29 is 9.90 Å². The average Bonchev–Trinajstić information content (AvgIpc) is 2.28. The summed E-state index contributed by atoms with van der Waals surface area (Å²) in [5, 5.41) is 12.2. The Morgan fingerprint density at radius 3 is 3.00 bits per heavy atom. The quantitative estimate of drug-likeness (QED) is 0.780. The van der Waals surface area contributed by atoms with Gasteiger partial charge in [0.15, 0.2) is 0 Å². The van der Waals surface area contributed by atoms with Crippen molar-refractivity contribution in [1.29, 1.82) is 0 Å². The molecule has 0 fully saturated rings. The maximum Gasteiger partial charge on any atom is 0.339 e. The van der Waals surface area contributed by atoms with Crippen LogP contribution in [-0.4, -0.2) is 22.2 Å². The molecule has 0 aliphatic carbocycles. The van der Waals surface area contributed by atoms with Crippen LogP contribution in [0, 0.1) is 0 Å². The van der Waals surface area contributed by atoms with Crippen LogP contribution in [-0.2, 0) is 13.0 Å². The summed E-state index contributed by atoms with van der Waals surface area (Å²) in [6.45, 7) is 3.15. The second-order valence-corrected chi connectivity index (χ2v) is 3.82. The van der Waals surface area contributed by atoms with Gasteiger partial charge in [-0.2, -0.15) is 0 Å². The SMILES string of the molecule is CCc1cc(=O)n2c(c1C(=O)O)NCCC2. The molecule has 16 heavy (non-hydrogen) atoms. The second-order valence-electron chi connectivity index (χ2n) is 3.82. The monoisotopic (exact) mass is 222 g/mol. The summed E-state index contributed by atoms with van der Waals surface area (Å²) in [6.07, 6.45) is 1.39. The predicted molar refractivity (Wildman–Crippen MR) is 60.1 cm³/mol. The standard InChI is InChI=1S/C11H14N2O3/c1-2-7-6-8(14)13-5-3-4-12-10(13)9(7)11(15)16/h6,12H,2-5H2,1H3,(H,15,16). The molecular formula is C11H14N2O3. The van der Waals surface area contributed by atoms with Crippen LogP contribution >= 0.6 is 0 Å². The van der Waals surface area contributed by atoms with E-state index in [0.29, 0.717) is 30.9 Å². The Labute approximate surface area is 92.7 Å².